The predicted octanol–water partition coefficient (Wildman–Crippen LogP) is 0.667. The van der Waals surface area contributed by atoms with Crippen LogP contribution in [0, 0.1) is 5.92 Å². The van der Waals surface area contributed by atoms with E-state index in [2.05, 4.69) is 4.74 Å². The fraction of sp³-hybridized carbons (Fsp3) is 0.667. The number of methoxy groups -OCH3 is 1. The molecule has 0 spiro atoms. The van der Waals surface area contributed by atoms with Gasteiger partial charge >= 0.3 is 11.9 Å². The van der Waals surface area contributed by atoms with Crippen LogP contribution < -0.4 is 0 Å². The normalized spacial score (nSPS) is 10.0. The highest BCUT2D eigenvalue weighted by molar-refractivity contribution is 6.09. The van der Waals surface area contributed by atoms with Gasteiger partial charge in [-0.1, -0.05) is 13.8 Å². The summed E-state index contributed by atoms with van der Waals surface area (Å²) in [6.07, 6.45) is -1.35. The zero-order chi connectivity index (χ0) is 14.1. The third kappa shape index (κ3) is 8.43. The number of Topliss-reactive ketones (excluding diaryl/α,β-unsaturated/α-hetero) is 2. The maximum atomic E-state index is 11.3. The van der Waals surface area contributed by atoms with Crippen LogP contribution in [0.4, 0.5) is 0 Å². The van der Waals surface area contributed by atoms with Gasteiger partial charge in [-0.25, -0.2) is 0 Å². The van der Waals surface area contributed by atoms with Crippen molar-refractivity contribution in [1.29, 1.82) is 0 Å². The summed E-state index contributed by atoms with van der Waals surface area (Å²) in [5.74, 6) is -2.29. The fourth-order valence-corrected chi connectivity index (χ4v) is 1.05. The van der Waals surface area contributed by atoms with E-state index in [1.54, 1.807) is 0 Å². The van der Waals surface area contributed by atoms with Gasteiger partial charge < -0.3 is 9.47 Å². The molecule has 0 aliphatic carbocycles. The molecule has 102 valence electrons. The molecule has 0 unspecified atom stereocenters. The van der Waals surface area contributed by atoms with Gasteiger partial charge in [-0.2, -0.15) is 0 Å². The Balaban J connectivity index is 3.93. The van der Waals surface area contributed by atoms with Crippen LogP contribution in [-0.2, 0) is 28.7 Å². The Hall–Kier alpha value is -1.72. The molecule has 0 radical (unpaired) electrons. The number of hydrogen-bond donors (Lipinski definition) is 0. The van der Waals surface area contributed by atoms with Gasteiger partial charge in [0.05, 0.1) is 20.1 Å². The van der Waals surface area contributed by atoms with Gasteiger partial charge in [-0.15, -0.1) is 0 Å². The van der Waals surface area contributed by atoms with Gasteiger partial charge in [0, 0.05) is 0 Å². The lowest BCUT2D eigenvalue weighted by Gasteiger charge is -2.06. The molecule has 0 rings (SSSR count). The average Bonchev–Trinajstić information content (AvgIpc) is 2.25. The largest absolute Gasteiger partial charge is 0.469 e. The molecular formula is C12H18O6. The lowest BCUT2D eigenvalue weighted by molar-refractivity contribution is -0.147. The molecule has 6 nitrogen and oxygen atoms in total. The highest BCUT2D eigenvalue weighted by Crippen LogP contribution is 2.00. The van der Waals surface area contributed by atoms with E-state index in [0.29, 0.717) is 0 Å². The van der Waals surface area contributed by atoms with Crippen LogP contribution in [-0.4, -0.2) is 37.2 Å². The van der Waals surface area contributed by atoms with Crippen LogP contribution in [0.15, 0.2) is 0 Å². The first-order valence-electron chi connectivity index (χ1n) is 5.61. The first-order chi connectivity index (χ1) is 8.35. The minimum atomic E-state index is -0.699. The van der Waals surface area contributed by atoms with E-state index in [1.807, 2.05) is 13.8 Å². The Bertz CT molecular complexity index is 331. The smallest absolute Gasteiger partial charge is 0.313 e. The van der Waals surface area contributed by atoms with E-state index >= 15 is 0 Å². The SMILES string of the molecule is COC(=O)CC(=O)CC(=O)CC(=O)OCC(C)C. The van der Waals surface area contributed by atoms with Crippen molar-refractivity contribution in [2.45, 2.75) is 33.1 Å². The molecule has 0 amide bonds. The molecule has 0 aromatic carbocycles. The van der Waals surface area contributed by atoms with Crippen molar-refractivity contribution in [3.63, 3.8) is 0 Å². The number of carbonyl (C=O) groups is 4. The van der Waals surface area contributed by atoms with Crippen molar-refractivity contribution in [3.05, 3.63) is 0 Å². The van der Waals surface area contributed by atoms with Gasteiger partial charge in [0.1, 0.15) is 12.8 Å². The monoisotopic (exact) mass is 258 g/mol. The molecule has 0 N–H and O–H groups in total. The molecule has 0 aromatic heterocycles. The average molecular weight is 258 g/mol. The number of hydrogen-bond acceptors (Lipinski definition) is 6. The van der Waals surface area contributed by atoms with Crippen LogP contribution in [0.25, 0.3) is 0 Å². The Morgan fingerprint density at radius 3 is 1.83 bits per heavy atom. The van der Waals surface area contributed by atoms with E-state index < -0.39 is 42.8 Å². The molecule has 0 atom stereocenters. The second kappa shape index (κ2) is 8.38. The van der Waals surface area contributed by atoms with E-state index in [1.165, 1.54) is 0 Å². The van der Waals surface area contributed by atoms with Gasteiger partial charge in [0.2, 0.25) is 0 Å². The summed E-state index contributed by atoms with van der Waals surface area (Å²) in [4.78, 5) is 44.4. The van der Waals surface area contributed by atoms with E-state index in [9.17, 15) is 19.2 Å². The molecule has 0 aliphatic heterocycles. The zero-order valence-electron chi connectivity index (χ0n) is 10.9. The first-order valence-corrected chi connectivity index (χ1v) is 5.61. The minimum absolute atomic E-state index is 0.185. The van der Waals surface area contributed by atoms with Gasteiger partial charge in [0.25, 0.3) is 0 Å². The maximum absolute atomic E-state index is 11.3. The van der Waals surface area contributed by atoms with Crippen molar-refractivity contribution >= 4 is 23.5 Å². The Labute approximate surface area is 106 Å². The fourth-order valence-electron chi connectivity index (χ4n) is 1.05. The van der Waals surface area contributed by atoms with Gasteiger partial charge in [-0.3, -0.25) is 19.2 Å². The highest BCUT2D eigenvalue weighted by atomic mass is 16.5. The minimum Gasteiger partial charge on any atom is -0.469 e. The second-order valence-corrected chi connectivity index (χ2v) is 4.26. The summed E-state index contributed by atoms with van der Waals surface area (Å²) in [5.41, 5.74) is 0. The van der Waals surface area contributed by atoms with Crippen LogP contribution in [0.2, 0.25) is 0 Å². The first kappa shape index (κ1) is 16.3. The lowest BCUT2D eigenvalue weighted by atomic mass is 10.1. The van der Waals surface area contributed by atoms with Gasteiger partial charge in [0.15, 0.2) is 11.6 Å². The summed E-state index contributed by atoms with van der Waals surface area (Å²) < 4.78 is 9.08. The van der Waals surface area contributed by atoms with Gasteiger partial charge in [-0.05, 0) is 5.92 Å². The lowest BCUT2D eigenvalue weighted by Crippen LogP contribution is -2.18. The Kier molecular flexibility index (Phi) is 7.58. The molecule has 6 heteroatoms. The second-order valence-electron chi connectivity index (χ2n) is 4.26. The summed E-state index contributed by atoms with van der Waals surface area (Å²) in [6.45, 7) is 3.98. The van der Waals surface area contributed by atoms with Crippen molar-refractivity contribution < 1.29 is 28.7 Å². The predicted molar refractivity (Wildman–Crippen MR) is 61.7 cm³/mol. The zero-order valence-corrected chi connectivity index (χ0v) is 10.9. The molecule has 0 saturated heterocycles. The van der Waals surface area contributed by atoms with E-state index in [0.717, 1.165) is 7.11 Å². The number of ketones is 2. The van der Waals surface area contributed by atoms with Crippen LogP contribution >= 0.6 is 0 Å². The number of ether oxygens (including phenoxy) is 2. The molecular weight excluding hydrogens is 240 g/mol. The number of carbonyl (C=O) groups excluding carboxylic acids is 4. The van der Waals surface area contributed by atoms with Crippen molar-refractivity contribution in [2.75, 3.05) is 13.7 Å². The van der Waals surface area contributed by atoms with Crippen molar-refractivity contribution in [2.24, 2.45) is 5.92 Å². The van der Waals surface area contributed by atoms with Crippen LogP contribution in [0.3, 0.4) is 0 Å². The third-order valence-electron chi connectivity index (χ3n) is 1.88. The number of rotatable bonds is 8. The summed E-state index contributed by atoms with van der Waals surface area (Å²) >= 11 is 0. The molecule has 0 aliphatic rings. The van der Waals surface area contributed by atoms with Crippen molar-refractivity contribution in [3.8, 4) is 0 Å². The summed E-state index contributed by atoms with van der Waals surface area (Å²) in [7, 11) is 1.15. The number of esters is 2. The third-order valence-corrected chi connectivity index (χ3v) is 1.88. The van der Waals surface area contributed by atoms with E-state index in [-0.39, 0.29) is 12.5 Å². The van der Waals surface area contributed by atoms with E-state index in [4.69, 9.17) is 4.74 Å². The standard InChI is InChI=1S/C12H18O6/c1-8(2)7-18-12(16)6-10(14)4-9(13)5-11(15)17-3/h8H,4-7H2,1-3H3. The van der Waals surface area contributed by atoms with Crippen molar-refractivity contribution in [1.82, 2.24) is 0 Å². The molecule has 0 aromatic rings. The molecule has 0 saturated carbocycles. The quantitative estimate of drug-likeness (QED) is 0.469. The molecule has 0 bridgehead atoms. The molecule has 18 heavy (non-hydrogen) atoms. The Morgan fingerprint density at radius 2 is 1.39 bits per heavy atom. The summed E-state index contributed by atoms with van der Waals surface area (Å²) in [5, 5.41) is 0. The molecule has 0 fully saturated rings. The Morgan fingerprint density at radius 1 is 0.889 bits per heavy atom. The molecule has 0 heterocycles. The van der Waals surface area contributed by atoms with Crippen LogP contribution in [0.1, 0.15) is 33.1 Å². The van der Waals surface area contributed by atoms with Crippen LogP contribution in [0.5, 0.6) is 0 Å². The topological polar surface area (TPSA) is 86.7 Å². The summed E-state index contributed by atoms with van der Waals surface area (Å²) in [6, 6.07) is 0. The highest BCUT2D eigenvalue weighted by Gasteiger charge is 2.17. The maximum Gasteiger partial charge on any atom is 0.313 e.